The summed E-state index contributed by atoms with van der Waals surface area (Å²) in [6.45, 7) is 1.62. The first kappa shape index (κ1) is 15.8. The van der Waals surface area contributed by atoms with Gasteiger partial charge in [-0.2, -0.15) is 0 Å². The van der Waals surface area contributed by atoms with E-state index >= 15 is 0 Å². The van der Waals surface area contributed by atoms with Gasteiger partial charge in [0.05, 0.1) is 11.9 Å². The van der Waals surface area contributed by atoms with Gasteiger partial charge in [0.15, 0.2) is 9.84 Å². The molecule has 22 heavy (non-hydrogen) atoms. The molecule has 122 valence electrons. The minimum Gasteiger partial charge on any atom is -0.493 e. The molecular weight excluding hydrogens is 298 g/mol. The van der Waals surface area contributed by atoms with Crippen LogP contribution in [0.25, 0.3) is 0 Å². The minimum absolute atomic E-state index is 0.113. The number of ether oxygens (including phenoxy) is 1. The van der Waals surface area contributed by atoms with Crippen molar-refractivity contribution in [1.82, 2.24) is 5.32 Å². The Bertz CT molecular complexity index is 627. The largest absolute Gasteiger partial charge is 0.493 e. The molecule has 1 aromatic rings. The van der Waals surface area contributed by atoms with E-state index in [-0.39, 0.29) is 11.3 Å². The molecule has 0 aromatic heterocycles. The van der Waals surface area contributed by atoms with Crippen LogP contribution < -0.4 is 10.1 Å². The number of hydrogen-bond acceptors (Lipinski definition) is 4. The van der Waals surface area contributed by atoms with Crippen LogP contribution in [0.15, 0.2) is 18.2 Å². The van der Waals surface area contributed by atoms with E-state index in [1.807, 2.05) is 0 Å². The van der Waals surface area contributed by atoms with Crippen LogP contribution >= 0.6 is 0 Å². The van der Waals surface area contributed by atoms with Crippen LogP contribution in [0.4, 0.5) is 0 Å². The zero-order chi connectivity index (χ0) is 15.6. The summed E-state index contributed by atoms with van der Waals surface area (Å²) in [5, 5.41) is 3.27. The van der Waals surface area contributed by atoms with Gasteiger partial charge in [-0.15, -0.1) is 0 Å². The molecule has 2 aliphatic rings. The van der Waals surface area contributed by atoms with E-state index in [0.29, 0.717) is 0 Å². The maximum absolute atomic E-state index is 11.9. The van der Waals surface area contributed by atoms with Crippen molar-refractivity contribution in [3.05, 3.63) is 29.3 Å². The van der Waals surface area contributed by atoms with E-state index in [1.165, 1.54) is 17.4 Å². The number of hydrogen-bond donors (Lipinski definition) is 1. The van der Waals surface area contributed by atoms with Crippen molar-refractivity contribution in [2.24, 2.45) is 0 Å². The lowest BCUT2D eigenvalue weighted by molar-refractivity contribution is 0.356. The molecule has 1 N–H and O–H groups in total. The Morgan fingerprint density at radius 2 is 2.09 bits per heavy atom. The Morgan fingerprint density at radius 1 is 1.27 bits per heavy atom. The van der Waals surface area contributed by atoms with Crippen LogP contribution in [0.5, 0.6) is 5.75 Å². The van der Waals surface area contributed by atoms with Crippen molar-refractivity contribution in [2.45, 2.75) is 49.8 Å². The van der Waals surface area contributed by atoms with Gasteiger partial charge in [0.25, 0.3) is 0 Å². The highest BCUT2D eigenvalue weighted by Gasteiger charge is 2.32. The molecule has 2 atom stereocenters. The minimum atomic E-state index is -2.96. The lowest BCUT2D eigenvalue weighted by Crippen LogP contribution is -2.46. The number of rotatable bonds is 5. The van der Waals surface area contributed by atoms with Crippen LogP contribution in [0.2, 0.25) is 0 Å². The molecule has 5 heteroatoms. The predicted molar refractivity (Wildman–Crippen MR) is 88.2 cm³/mol. The fraction of sp³-hybridized carbons (Fsp3) is 0.647. The summed E-state index contributed by atoms with van der Waals surface area (Å²) in [6.07, 6.45) is 7.22. The van der Waals surface area contributed by atoms with Gasteiger partial charge in [0.1, 0.15) is 5.75 Å². The van der Waals surface area contributed by atoms with Gasteiger partial charge in [0, 0.05) is 18.7 Å². The third-order valence-corrected chi connectivity index (χ3v) is 6.49. The van der Waals surface area contributed by atoms with Gasteiger partial charge in [-0.05, 0) is 43.0 Å². The van der Waals surface area contributed by atoms with Crippen LogP contribution in [0.1, 0.15) is 36.8 Å². The summed E-state index contributed by atoms with van der Waals surface area (Å²) in [6, 6.07) is 6.50. The molecule has 1 aliphatic heterocycles. The van der Waals surface area contributed by atoms with Gasteiger partial charge >= 0.3 is 0 Å². The van der Waals surface area contributed by atoms with Gasteiger partial charge in [-0.1, -0.05) is 25.0 Å². The fourth-order valence-corrected chi connectivity index (χ4v) is 5.06. The summed E-state index contributed by atoms with van der Waals surface area (Å²) in [5.41, 5.74) is 2.59. The third kappa shape index (κ3) is 3.63. The normalized spacial score (nSPS) is 24.8. The van der Waals surface area contributed by atoms with Crippen LogP contribution in [0, 0.1) is 0 Å². The second-order valence-corrected chi connectivity index (χ2v) is 8.77. The lowest BCUT2D eigenvalue weighted by Gasteiger charge is -2.31. The average Bonchev–Trinajstić information content (AvgIpc) is 2.94. The van der Waals surface area contributed by atoms with Crippen molar-refractivity contribution in [3.63, 3.8) is 0 Å². The Hall–Kier alpha value is -1.07. The van der Waals surface area contributed by atoms with Gasteiger partial charge in [0.2, 0.25) is 0 Å². The lowest BCUT2D eigenvalue weighted by atomic mass is 9.94. The molecule has 0 bridgehead atoms. The Morgan fingerprint density at radius 3 is 2.91 bits per heavy atom. The summed E-state index contributed by atoms with van der Waals surface area (Å²) < 4.78 is 29.3. The number of sulfone groups is 1. The highest BCUT2D eigenvalue weighted by Crippen LogP contribution is 2.26. The molecule has 4 nitrogen and oxygen atoms in total. The van der Waals surface area contributed by atoms with Crippen molar-refractivity contribution in [3.8, 4) is 5.75 Å². The second-order valence-electron chi connectivity index (χ2n) is 6.50. The number of fused-ring (bicyclic) bond motifs is 1. The average molecular weight is 323 g/mol. The van der Waals surface area contributed by atoms with Crippen LogP contribution in [-0.4, -0.2) is 39.1 Å². The van der Waals surface area contributed by atoms with Crippen molar-refractivity contribution < 1.29 is 13.2 Å². The fourth-order valence-electron chi connectivity index (χ4n) is 3.64. The van der Waals surface area contributed by atoms with E-state index in [9.17, 15) is 8.42 Å². The van der Waals surface area contributed by atoms with E-state index in [1.54, 1.807) is 0 Å². The molecule has 3 rings (SSSR count). The van der Waals surface area contributed by atoms with Gasteiger partial charge in [-0.25, -0.2) is 8.42 Å². The highest BCUT2D eigenvalue weighted by molar-refractivity contribution is 7.91. The molecule has 0 spiro atoms. The quantitative estimate of drug-likeness (QED) is 0.902. The summed E-state index contributed by atoms with van der Waals surface area (Å²) in [5.74, 6) is 1.01. The standard InChI is InChI=1S/C17H25NO3S/c1-22(19,20)17-5-3-2-4-15(17)18-10-8-13-6-7-16-14(12-13)9-11-21-16/h6-7,12,15,17-18H,2-5,8-11H2,1H3. The third-order valence-electron chi connectivity index (χ3n) is 4.83. The summed E-state index contributed by atoms with van der Waals surface area (Å²) >= 11 is 0. The summed E-state index contributed by atoms with van der Waals surface area (Å²) in [4.78, 5) is 0. The predicted octanol–water partition coefficient (Wildman–Crippen LogP) is 2.11. The van der Waals surface area contributed by atoms with Crippen molar-refractivity contribution in [2.75, 3.05) is 19.4 Å². The molecule has 1 heterocycles. The first-order valence-corrected chi connectivity index (χ1v) is 10.2. The molecule has 2 unspecified atom stereocenters. The topological polar surface area (TPSA) is 55.4 Å². The van der Waals surface area contributed by atoms with Gasteiger partial charge < -0.3 is 10.1 Å². The molecule has 1 aliphatic carbocycles. The van der Waals surface area contributed by atoms with Gasteiger partial charge in [-0.3, -0.25) is 0 Å². The maximum atomic E-state index is 11.9. The van der Waals surface area contributed by atoms with Crippen molar-refractivity contribution in [1.29, 1.82) is 0 Å². The van der Waals surface area contributed by atoms with E-state index in [0.717, 1.165) is 57.4 Å². The molecule has 0 amide bonds. The first-order chi connectivity index (χ1) is 10.5. The Labute approximate surface area is 133 Å². The molecular formula is C17H25NO3S. The SMILES string of the molecule is CS(=O)(=O)C1CCCCC1NCCc1ccc2c(c1)CCO2. The molecule has 0 saturated heterocycles. The van der Waals surface area contributed by atoms with Crippen LogP contribution in [0.3, 0.4) is 0 Å². The molecule has 1 aromatic carbocycles. The zero-order valence-corrected chi connectivity index (χ0v) is 14.0. The molecule has 1 fully saturated rings. The monoisotopic (exact) mass is 323 g/mol. The number of nitrogens with one attached hydrogen (secondary N) is 1. The Balaban J connectivity index is 1.55. The number of benzene rings is 1. The van der Waals surface area contributed by atoms with E-state index < -0.39 is 9.84 Å². The van der Waals surface area contributed by atoms with Crippen molar-refractivity contribution >= 4 is 9.84 Å². The Kier molecular flexibility index (Phi) is 4.73. The van der Waals surface area contributed by atoms with Crippen LogP contribution in [-0.2, 0) is 22.7 Å². The second kappa shape index (κ2) is 6.59. The van der Waals surface area contributed by atoms with E-state index in [4.69, 9.17) is 4.74 Å². The smallest absolute Gasteiger partial charge is 0.151 e. The molecule has 0 radical (unpaired) electrons. The highest BCUT2D eigenvalue weighted by atomic mass is 32.2. The summed E-state index contributed by atoms with van der Waals surface area (Å²) in [7, 11) is -2.96. The maximum Gasteiger partial charge on any atom is 0.151 e. The zero-order valence-electron chi connectivity index (χ0n) is 13.2. The first-order valence-electron chi connectivity index (χ1n) is 8.21. The van der Waals surface area contributed by atoms with E-state index in [2.05, 4.69) is 23.5 Å². The molecule has 1 saturated carbocycles.